The molecular weight excluding hydrogens is 290 g/mol. The number of hydrogen-bond donors (Lipinski definition) is 2. The molecule has 0 unspecified atom stereocenters. The van der Waals surface area contributed by atoms with Crippen LogP contribution >= 0.6 is 0 Å². The Morgan fingerprint density at radius 3 is 2.29 bits per heavy atom. The number of benzene rings is 2. The minimum atomic E-state index is -4.10. The summed E-state index contributed by atoms with van der Waals surface area (Å²) in [6.07, 6.45) is 0.831. The van der Waals surface area contributed by atoms with Gasteiger partial charge in [-0.05, 0) is 36.2 Å². The molecule has 0 saturated carbocycles. The van der Waals surface area contributed by atoms with Gasteiger partial charge < -0.3 is 5.11 Å². The predicted octanol–water partition coefficient (Wildman–Crippen LogP) is 2.07. The Labute approximate surface area is 123 Å². The van der Waals surface area contributed by atoms with E-state index in [0.717, 1.165) is 12.0 Å². The standard InChI is InChI=1S/C15H15NO4S/c1-2-11-7-9-12(10-8-11)15(18)16-21(19,20)14-6-4-3-5-13(14)17/h3-10,17H,2H2,1H3,(H,16,18). The monoisotopic (exact) mass is 305 g/mol. The molecule has 0 fully saturated rings. The Morgan fingerprint density at radius 2 is 1.71 bits per heavy atom. The second kappa shape index (κ2) is 5.97. The van der Waals surface area contributed by atoms with Gasteiger partial charge in [-0.15, -0.1) is 0 Å². The van der Waals surface area contributed by atoms with E-state index in [9.17, 15) is 18.3 Å². The highest BCUT2D eigenvalue weighted by Gasteiger charge is 2.21. The Balaban J connectivity index is 2.24. The highest BCUT2D eigenvalue weighted by atomic mass is 32.2. The van der Waals surface area contributed by atoms with E-state index < -0.39 is 21.7 Å². The molecule has 0 spiro atoms. The van der Waals surface area contributed by atoms with Crippen LogP contribution in [0.25, 0.3) is 0 Å². The van der Waals surface area contributed by atoms with E-state index in [0.29, 0.717) is 0 Å². The number of phenols is 1. The van der Waals surface area contributed by atoms with Crippen molar-refractivity contribution in [1.29, 1.82) is 0 Å². The molecule has 0 aliphatic heterocycles. The molecule has 0 heterocycles. The van der Waals surface area contributed by atoms with E-state index in [1.165, 1.54) is 24.3 Å². The minimum Gasteiger partial charge on any atom is -0.507 e. The fraction of sp³-hybridized carbons (Fsp3) is 0.133. The van der Waals surface area contributed by atoms with Gasteiger partial charge in [-0.1, -0.05) is 31.2 Å². The number of para-hydroxylation sites is 1. The van der Waals surface area contributed by atoms with Crippen molar-refractivity contribution in [3.63, 3.8) is 0 Å². The first-order valence-electron chi connectivity index (χ1n) is 6.38. The minimum absolute atomic E-state index is 0.242. The Hall–Kier alpha value is -2.34. The number of sulfonamides is 1. The summed E-state index contributed by atoms with van der Waals surface area (Å²) in [6, 6.07) is 12.1. The fourth-order valence-electron chi connectivity index (χ4n) is 1.81. The Bertz CT molecular complexity index is 751. The second-order valence-corrected chi connectivity index (χ2v) is 6.10. The van der Waals surface area contributed by atoms with Crippen LogP contribution in [-0.2, 0) is 16.4 Å². The number of aryl methyl sites for hydroxylation is 1. The van der Waals surface area contributed by atoms with E-state index in [1.54, 1.807) is 24.3 Å². The normalized spacial score (nSPS) is 11.1. The van der Waals surface area contributed by atoms with Crippen molar-refractivity contribution in [2.45, 2.75) is 18.2 Å². The molecule has 0 atom stereocenters. The molecule has 110 valence electrons. The molecule has 0 bridgehead atoms. The zero-order valence-electron chi connectivity index (χ0n) is 11.4. The topological polar surface area (TPSA) is 83.5 Å². The van der Waals surface area contributed by atoms with Crippen LogP contribution in [0.2, 0.25) is 0 Å². The average molecular weight is 305 g/mol. The molecule has 2 aromatic carbocycles. The third-order valence-corrected chi connectivity index (χ3v) is 4.38. The van der Waals surface area contributed by atoms with Gasteiger partial charge >= 0.3 is 0 Å². The quantitative estimate of drug-likeness (QED) is 0.906. The van der Waals surface area contributed by atoms with E-state index in [1.807, 2.05) is 11.6 Å². The zero-order valence-corrected chi connectivity index (χ0v) is 12.2. The number of phenolic OH excluding ortho intramolecular Hbond substituents is 1. The number of amides is 1. The summed E-state index contributed by atoms with van der Waals surface area (Å²) < 4.78 is 26.1. The summed E-state index contributed by atoms with van der Waals surface area (Å²) in [5.74, 6) is -1.14. The predicted molar refractivity (Wildman–Crippen MR) is 78.6 cm³/mol. The third kappa shape index (κ3) is 3.41. The maximum absolute atomic E-state index is 12.1. The van der Waals surface area contributed by atoms with E-state index in [2.05, 4.69) is 0 Å². The number of nitrogens with one attached hydrogen (secondary N) is 1. The van der Waals surface area contributed by atoms with E-state index >= 15 is 0 Å². The summed E-state index contributed by atoms with van der Waals surface area (Å²) in [7, 11) is -4.10. The van der Waals surface area contributed by atoms with Gasteiger partial charge in [-0.3, -0.25) is 4.79 Å². The molecule has 0 saturated heterocycles. The van der Waals surface area contributed by atoms with Gasteiger partial charge in [-0.25, -0.2) is 13.1 Å². The first-order valence-corrected chi connectivity index (χ1v) is 7.86. The van der Waals surface area contributed by atoms with Gasteiger partial charge in [0.2, 0.25) is 0 Å². The summed E-state index contributed by atoms with van der Waals surface area (Å²) in [6.45, 7) is 1.98. The van der Waals surface area contributed by atoms with Gasteiger partial charge in [0.25, 0.3) is 15.9 Å². The molecule has 0 aromatic heterocycles. The number of carbonyl (C=O) groups excluding carboxylic acids is 1. The summed E-state index contributed by atoms with van der Waals surface area (Å²) in [4.78, 5) is 11.6. The second-order valence-electron chi connectivity index (χ2n) is 4.45. The maximum atomic E-state index is 12.1. The lowest BCUT2D eigenvalue weighted by Crippen LogP contribution is -2.30. The SMILES string of the molecule is CCc1ccc(C(=O)NS(=O)(=O)c2ccccc2O)cc1. The summed E-state index contributed by atoms with van der Waals surface area (Å²) in [5, 5.41) is 9.57. The van der Waals surface area contributed by atoms with Crippen molar-refractivity contribution in [1.82, 2.24) is 4.72 Å². The van der Waals surface area contributed by atoms with Crippen LogP contribution in [0.3, 0.4) is 0 Å². The number of rotatable bonds is 4. The van der Waals surface area contributed by atoms with Crippen LogP contribution in [0.5, 0.6) is 5.75 Å². The number of carbonyl (C=O) groups is 1. The molecular formula is C15H15NO4S. The van der Waals surface area contributed by atoms with Gasteiger partial charge in [0.1, 0.15) is 10.6 Å². The smallest absolute Gasteiger partial charge is 0.267 e. The van der Waals surface area contributed by atoms with Crippen molar-refractivity contribution in [3.05, 3.63) is 59.7 Å². The van der Waals surface area contributed by atoms with E-state index in [4.69, 9.17) is 0 Å². The highest BCUT2D eigenvalue weighted by molar-refractivity contribution is 7.90. The molecule has 0 aliphatic carbocycles. The first-order chi connectivity index (χ1) is 9.94. The van der Waals surface area contributed by atoms with Gasteiger partial charge in [-0.2, -0.15) is 0 Å². The van der Waals surface area contributed by atoms with Crippen molar-refractivity contribution >= 4 is 15.9 Å². The molecule has 0 radical (unpaired) electrons. The van der Waals surface area contributed by atoms with Crippen LogP contribution in [0.1, 0.15) is 22.8 Å². The number of aromatic hydroxyl groups is 1. The van der Waals surface area contributed by atoms with Crippen LogP contribution in [0.4, 0.5) is 0 Å². The lowest BCUT2D eigenvalue weighted by molar-refractivity contribution is 0.0981. The molecule has 0 aliphatic rings. The molecule has 2 aromatic rings. The molecule has 1 amide bonds. The van der Waals surface area contributed by atoms with E-state index in [-0.39, 0.29) is 10.5 Å². The fourth-order valence-corrected chi connectivity index (χ4v) is 2.89. The lowest BCUT2D eigenvalue weighted by atomic mass is 10.1. The van der Waals surface area contributed by atoms with Gasteiger partial charge in [0.05, 0.1) is 0 Å². The molecule has 21 heavy (non-hydrogen) atoms. The van der Waals surface area contributed by atoms with Crippen LogP contribution in [0, 0.1) is 0 Å². The lowest BCUT2D eigenvalue weighted by Gasteiger charge is -2.08. The highest BCUT2D eigenvalue weighted by Crippen LogP contribution is 2.21. The van der Waals surface area contributed by atoms with Crippen LogP contribution in [0.15, 0.2) is 53.4 Å². The van der Waals surface area contributed by atoms with Crippen molar-refractivity contribution in [2.24, 2.45) is 0 Å². The van der Waals surface area contributed by atoms with Crippen LogP contribution in [-0.4, -0.2) is 19.4 Å². The van der Waals surface area contributed by atoms with Gasteiger partial charge in [0.15, 0.2) is 0 Å². The van der Waals surface area contributed by atoms with Gasteiger partial charge in [0, 0.05) is 5.56 Å². The van der Waals surface area contributed by atoms with Crippen LogP contribution < -0.4 is 4.72 Å². The third-order valence-electron chi connectivity index (χ3n) is 3.01. The summed E-state index contributed by atoms with van der Waals surface area (Å²) >= 11 is 0. The Kier molecular flexibility index (Phi) is 4.28. The maximum Gasteiger partial charge on any atom is 0.267 e. The molecule has 2 rings (SSSR count). The average Bonchev–Trinajstić information content (AvgIpc) is 2.47. The van der Waals surface area contributed by atoms with Crippen molar-refractivity contribution < 1.29 is 18.3 Å². The van der Waals surface area contributed by atoms with Crippen molar-refractivity contribution in [2.75, 3.05) is 0 Å². The molecule has 6 heteroatoms. The molecule has 5 nitrogen and oxygen atoms in total. The molecule has 2 N–H and O–H groups in total. The van der Waals surface area contributed by atoms with Crippen molar-refractivity contribution in [3.8, 4) is 5.75 Å². The largest absolute Gasteiger partial charge is 0.507 e. The summed E-state index contributed by atoms with van der Waals surface area (Å²) in [5.41, 5.74) is 1.29. The Morgan fingerprint density at radius 1 is 1.10 bits per heavy atom. The first kappa shape index (κ1) is 15.1. The number of hydrogen-bond acceptors (Lipinski definition) is 4. The zero-order chi connectivity index (χ0) is 15.5.